The molecule has 0 radical (unpaired) electrons. The monoisotopic (exact) mass is 452 g/mol. The number of carbonyl (C=O) groups excluding carboxylic acids is 2. The van der Waals surface area contributed by atoms with Gasteiger partial charge in [0.1, 0.15) is 11.6 Å². The molecule has 32 heavy (non-hydrogen) atoms. The highest BCUT2D eigenvalue weighted by Gasteiger charge is 2.17. The molecule has 0 bridgehead atoms. The molecular weight excluding hydrogens is 428 g/mol. The summed E-state index contributed by atoms with van der Waals surface area (Å²) in [5.74, 6) is -0.314. The molecule has 0 atom stereocenters. The Morgan fingerprint density at radius 2 is 1.97 bits per heavy atom. The van der Waals surface area contributed by atoms with E-state index in [4.69, 9.17) is 11.6 Å². The number of rotatable bonds is 7. The van der Waals surface area contributed by atoms with Crippen LogP contribution >= 0.6 is 11.6 Å². The lowest BCUT2D eigenvalue weighted by Gasteiger charge is -2.19. The van der Waals surface area contributed by atoms with Gasteiger partial charge in [-0.1, -0.05) is 11.6 Å². The van der Waals surface area contributed by atoms with Crippen LogP contribution in [-0.2, 0) is 11.2 Å². The second-order valence-electron chi connectivity index (χ2n) is 7.39. The van der Waals surface area contributed by atoms with Crippen molar-refractivity contribution >= 4 is 34.7 Å². The maximum absolute atomic E-state index is 12.5. The smallest absolute Gasteiger partial charge is 0.255 e. The largest absolute Gasteiger partial charge is 0.339 e. The number of nitriles is 1. The summed E-state index contributed by atoms with van der Waals surface area (Å²) in [4.78, 5) is 31.2. The highest BCUT2D eigenvalue weighted by Crippen LogP contribution is 2.23. The number of nitrogens with zero attached hydrogens (tertiary/aromatic N) is 5. The summed E-state index contributed by atoms with van der Waals surface area (Å²) in [6.45, 7) is 8.78. The molecule has 0 unspecified atom stereocenters. The first kappa shape index (κ1) is 23.2. The number of aromatic nitrogens is 3. The van der Waals surface area contributed by atoms with Gasteiger partial charge in [-0.25, -0.2) is 9.50 Å². The van der Waals surface area contributed by atoms with Crippen LogP contribution in [0.25, 0.3) is 5.65 Å². The minimum absolute atomic E-state index is 0.134. The lowest BCUT2D eigenvalue weighted by Crippen LogP contribution is -2.30. The van der Waals surface area contributed by atoms with Gasteiger partial charge in [-0.3, -0.25) is 9.59 Å². The molecule has 0 fully saturated rings. The molecule has 0 aliphatic rings. The molecule has 2 heterocycles. The molecule has 2 aromatic heterocycles. The van der Waals surface area contributed by atoms with Crippen molar-refractivity contribution in [3.8, 4) is 6.07 Å². The molecule has 166 valence electrons. The average molecular weight is 453 g/mol. The quantitative estimate of drug-likeness (QED) is 0.585. The minimum atomic E-state index is -0.180. The zero-order chi connectivity index (χ0) is 23.4. The van der Waals surface area contributed by atoms with Gasteiger partial charge < -0.3 is 10.2 Å². The van der Waals surface area contributed by atoms with Gasteiger partial charge in [-0.15, -0.1) is 0 Å². The van der Waals surface area contributed by atoms with Crippen LogP contribution in [0.3, 0.4) is 0 Å². The third kappa shape index (κ3) is 4.58. The van der Waals surface area contributed by atoms with Gasteiger partial charge in [0.25, 0.3) is 5.91 Å². The number of anilines is 1. The predicted molar refractivity (Wildman–Crippen MR) is 123 cm³/mol. The third-order valence-corrected chi connectivity index (χ3v) is 5.78. The van der Waals surface area contributed by atoms with Gasteiger partial charge in [0, 0.05) is 36.6 Å². The van der Waals surface area contributed by atoms with E-state index < -0.39 is 0 Å². The second kappa shape index (κ2) is 9.79. The van der Waals surface area contributed by atoms with E-state index in [1.807, 2.05) is 27.7 Å². The number of fused-ring (bicyclic) bond motifs is 1. The molecule has 1 aromatic carbocycles. The summed E-state index contributed by atoms with van der Waals surface area (Å²) in [7, 11) is 0. The van der Waals surface area contributed by atoms with E-state index >= 15 is 0 Å². The fourth-order valence-electron chi connectivity index (χ4n) is 3.66. The van der Waals surface area contributed by atoms with Crippen LogP contribution in [0.4, 0.5) is 5.69 Å². The highest BCUT2D eigenvalue weighted by atomic mass is 35.5. The zero-order valence-corrected chi connectivity index (χ0v) is 19.3. The van der Waals surface area contributed by atoms with Crippen molar-refractivity contribution in [2.45, 2.75) is 40.5 Å². The molecular formula is C23H25ClN6O2. The Hall–Kier alpha value is -3.44. The standard InChI is InChI=1S/C23H25ClN6O2/c1-5-29(6-2)23(32)19-8-7-17(11-20(19)24)28-21(31)10-9-18-14(3)27-22-16(12-25)13-26-30(22)15(18)4/h7-8,11,13H,5-6,9-10H2,1-4H3,(H,28,31). The molecule has 1 N–H and O–H groups in total. The van der Waals surface area contributed by atoms with E-state index in [2.05, 4.69) is 21.5 Å². The second-order valence-corrected chi connectivity index (χ2v) is 7.79. The first-order valence-corrected chi connectivity index (χ1v) is 10.8. The van der Waals surface area contributed by atoms with Gasteiger partial charge >= 0.3 is 0 Å². The molecule has 0 aliphatic heterocycles. The van der Waals surface area contributed by atoms with Crippen molar-refractivity contribution in [1.29, 1.82) is 5.26 Å². The Kier molecular flexibility index (Phi) is 7.11. The fraction of sp³-hybridized carbons (Fsp3) is 0.348. The molecule has 0 aliphatic carbocycles. The number of hydrogen-bond donors (Lipinski definition) is 1. The maximum atomic E-state index is 12.5. The van der Waals surface area contributed by atoms with Crippen LogP contribution in [0.15, 0.2) is 24.4 Å². The van der Waals surface area contributed by atoms with Crippen LogP contribution < -0.4 is 5.32 Å². The molecule has 8 nitrogen and oxygen atoms in total. The van der Waals surface area contributed by atoms with Crippen LogP contribution in [0.1, 0.15) is 53.1 Å². The van der Waals surface area contributed by atoms with Gasteiger partial charge in [-0.05, 0) is 57.9 Å². The Bertz CT molecular complexity index is 1220. The molecule has 3 aromatic rings. The molecule has 2 amide bonds. The predicted octanol–water partition coefficient (Wildman–Crippen LogP) is 3.92. The van der Waals surface area contributed by atoms with Gasteiger partial charge in [0.15, 0.2) is 5.65 Å². The van der Waals surface area contributed by atoms with Crippen molar-refractivity contribution in [1.82, 2.24) is 19.5 Å². The van der Waals surface area contributed by atoms with Crippen LogP contribution in [0.5, 0.6) is 0 Å². The van der Waals surface area contributed by atoms with Crippen LogP contribution in [0, 0.1) is 25.2 Å². The molecule has 9 heteroatoms. The molecule has 0 saturated carbocycles. The van der Waals surface area contributed by atoms with Crippen molar-refractivity contribution in [2.24, 2.45) is 0 Å². The Labute approximate surface area is 191 Å². The van der Waals surface area contributed by atoms with E-state index in [0.29, 0.717) is 47.0 Å². The average Bonchev–Trinajstić information content (AvgIpc) is 3.17. The number of nitrogens with one attached hydrogen (secondary N) is 1. The first-order chi connectivity index (χ1) is 15.3. The van der Waals surface area contributed by atoms with Crippen LogP contribution in [0.2, 0.25) is 5.02 Å². The van der Waals surface area contributed by atoms with E-state index in [1.54, 1.807) is 27.6 Å². The summed E-state index contributed by atoms with van der Waals surface area (Å²) in [5.41, 5.74) is 4.41. The molecule has 3 rings (SSSR count). The number of halogens is 1. The van der Waals surface area contributed by atoms with Crippen molar-refractivity contribution in [2.75, 3.05) is 18.4 Å². The summed E-state index contributed by atoms with van der Waals surface area (Å²) in [6, 6.07) is 6.99. The van der Waals surface area contributed by atoms with Gasteiger partial charge in [-0.2, -0.15) is 10.4 Å². The lowest BCUT2D eigenvalue weighted by molar-refractivity contribution is -0.116. The number of aryl methyl sites for hydroxylation is 2. The SMILES string of the molecule is CCN(CC)C(=O)c1ccc(NC(=O)CCc2c(C)nc3c(C#N)cnn3c2C)cc1Cl. The number of amides is 2. The summed E-state index contributed by atoms with van der Waals surface area (Å²) in [5, 5.41) is 16.5. The normalized spacial score (nSPS) is 10.8. The number of benzene rings is 1. The van der Waals surface area contributed by atoms with Crippen molar-refractivity contribution < 1.29 is 9.59 Å². The fourth-order valence-corrected chi connectivity index (χ4v) is 3.92. The van der Waals surface area contributed by atoms with Gasteiger partial charge in [0.05, 0.1) is 16.8 Å². The van der Waals surface area contributed by atoms with E-state index in [1.165, 1.54) is 6.20 Å². The zero-order valence-electron chi connectivity index (χ0n) is 18.6. The first-order valence-electron chi connectivity index (χ1n) is 10.4. The van der Waals surface area contributed by atoms with Crippen molar-refractivity contribution in [3.63, 3.8) is 0 Å². The Morgan fingerprint density at radius 1 is 1.25 bits per heavy atom. The summed E-state index contributed by atoms with van der Waals surface area (Å²) < 4.78 is 1.63. The summed E-state index contributed by atoms with van der Waals surface area (Å²) in [6.07, 6.45) is 2.20. The van der Waals surface area contributed by atoms with E-state index in [-0.39, 0.29) is 18.2 Å². The third-order valence-electron chi connectivity index (χ3n) is 5.47. The topological polar surface area (TPSA) is 103 Å². The van der Waals surface area contributed by atoms with E-state index in [0.717, 1.165) is 17.0 Å². The lowest BCUT2D eigenvalue weighted by atomic mass is 10.1. The maximum Gasteiger partial charge on any atom is 0.255 e. The minimum Gasteiger partial charge on any atom is -0.339 e. The highest BCUT2D eigenvalue weighted by molar-refractivity contribution is 6.34. The number of hydrogen-bond acceptors (Lipinski definition) is 5. The molecule has 0 spiro atoms. The Balaban J connectivity index is 1.70. The Morgan fingerprint density at radius 3 is 2.59 bits per heavy atom. The van der Waals surface area contributed by atoms with Crippen molar-refractivity contribution in [3.05, 3.63) is 57.5 Å². The number of carbonyl (C=O) groups is 2. The van der Waals surface area contributed by atoms with Crippen LogP contribution in [-0.4, -0.2) is 44.4 Å². The van der Waals surface area contributed by atoms with Gasteiger partial charge in [0.2, 0.25) is 5.91 Å². The molecule has 0 saturated heterocycles. The van der Waals surface area contributed by atoms with E-state index in [9.17, 15) is 14.9 Å². The summed E-state index contributed by atoms with van der Waals surface area (Å²) >= 11 is 6.31.